The fourth-order valence-corrected chi connectivity index (χ4v) is 5.94. The van der Waals surface area contributed by atoms with Crippen LogP contribution in [0.3, 0.4) is 0 Å². The van der Waals surface area contributed by atoms with Gasteiger partial charge in [0.15, 0.2) is 0 Å². The first-order valence-corrected chi connectivity index (χ1v) is 14.0. The first kappa shape index (κ1) is 24.6. The Bertz CT molecular complexity index is 1520. The van der Waals surface area contributed by atoms with E-state index in [1.807, 2.05) is 18.2 Å². The van der Waals surface area contributed by atoms with E-state index in [9.17, 15) is 19.2 Å². The van der Waals surface area contributed by atoms with Crippen LogP contribution in [0.15, 0.2) is 54.6 Å². The molecule has 3 N–H and O–H groups in total. The maximum Gasteiger partial charge on any atom is 0.262 e. The molecule has 1 unspecified atom stereocenters. The number of aromatic nitrogens is 2. The van der Waals surface area contributed by atoms with Crippen LogP contribution in [0, 0.1) is 5.92 Å². The molecule has 40 heavy (non-hydrogen) atoms. The van der Waals surface area contributed by atoms with E-state index < -0.39 is 23.8 Å². The van der Waals surface area contributed by atoms with Gasteiger partial charge in [-0.25, -0.2) is 4.68 Å². The zero-order valence-corrected chi connectivity index (χ0v) is 21.9. The molecule has 0 bridgehead atoms. The largest absolute Gasteiger partial charge is 0.385 e. The normalized spacial score (nSPS) is 24.0. The maximum atomic E-state index is 13.1. The Morgan fingerprint density at radius 3 is 2.40 bits per heavy atom. The highest BCUT2D eigenvalue weighted by Crippen LogP contribution is 2.44. The summed E-state index contributed by atoms with van der Waals surface area (Å²) < 4.78 is 2.15. The molecular weight excluding hydrogens is 508 g/mol. The highest BCUT2D eigenvalue weighted by molar-refractivity contribution is 6.23. The molecule has 1 saturated heterocycles. The van der Waals surface area contributed by atoms with Crippen molar-refractivity contribution < 1.29 is 19.2 Å². The van der Waals surface area contributed by atoms with Gasteiger partial charge in [0, 0.05) is 36.3 Å². The lowest BCUT2D eigenvalue weighted by molar-refractivity contribution is -0.136. The van der Waals surface area contributed by atoms with Gasteiger partial charge in [0.05, 0.1) is 22.9 Å². The number of rotatable bonds is 8. The summed E-state index contributed by atoms with van der Waals surface area (Å²) in [5.74, 6) is 0.0865. The number of nitrogens with one attached hydrogen (secondary N) is 3. The lowest BCUT2D eigenvalue weighted by Gasteiger charge is -2.36. The third-order valence-electron chi connectivity index (χ3n) is 8.39. The van der Waals surface area contributed by atoms with Gasteiger partial charge in [-0.05, 0) is 68.4 Å². The monoisotopic (exact) mass is 538 g/mol. The van der Waals surface area contributed by atoms with Crippen molar-refractivity contribution >= 4 is 40.8 Å². The van der Waals surface area contributed by atoms with Gasteiger partial charge in [0.1, 0.15) is 11.9 Å². The van der Waals surface area contributed by atoms with Crippen LogP contribution in [0.1, 0.15) is 76.9 Å². The molecule has 1 atom stereocenters. The maximum absolute atomic E-state index is 13.1. The molecule has 4 amide bonds. The summed E-state index contributed by atoms with van der Waals surface area (Å²) in [6.07, 6.45) is 4.65. The average molecular weight is 539 g/mol. The quantitative estimate of drug-likeness (QED) is 0.371. The lowest BCUT2D eigenvalue weighted by atomic mass is 9.80. The average Bonchev–Trinajstić information content (AvgIpc) is 3.65. The van der Waals surface area contributed by atoms with E-state index in [0.717, 1.165) is 41.5 Å². The zero-order chi connectivity index (χ0) is 27.4. The predicted molar refractivity (Wildman–Crippen MR) is 147 cm³/mol. The van der Waals surface area contributed by atoms with Gasteiger partial charge in [-0.15, -0.1) is 0 Å². The fourth-order valence-electron chi connectivity index (χ4n) is 5.94. The number of hydrogen-bond donors (Lipinski definition) is 3. The standard InChI is InChI=1S/C30H30N6O4/c37-27-11-10-25(28(38)33-27)35-29(39)22-9-8-20(14-23(22)30(35)40)31-16-17-12-21(13-17)36-26(15-24(34-36)18-6-7-18)32-19-4-2-1-3-5-19/h1-5,8-9,14-15,17-18,21,25,31-32H,6-7,10-13,16H2,(H,33,37,38). The molecule has 10 heteroatoms. The number of carbonyl (C=O) groups is 4. The van der Waals surface area contributed by atoms with Crippen LogP contribution in [0.25, 0.3) is 0 Å². The van der Waals surface area contributed by atoms with Crippen molar-refractivity contribution in [1.29, 1.82) is 0 Å². The Morgan fingerprint density at radius 2 is 1.65 bits per heavy atom. The summed E-state index contributed by atoms with van der Waals surface area (Å²) in [5, 5.41) is 14.2. The van der Waals surface area contributed by atoms with Gasteiger partial charge < -0.3 is 10.6 Å². The Labute approximate surface area is 231 Å². The number of nitrogens with zero attached hydrogens (tertiary/aromatic N) is 3. The van der Waals surface area contributed by atoms with Crippen molar-refractivity contribution in [2.45, 2.75) is 56.5 Å². The molecule has 10 nitrogen and oxygen atoms in total. The number of para-hydroxylation sites is 1. The second-order valence-corrected chi connectivity index (χ2v) is 11.2. The molecule has 204 valence electrons. The van der Waals surface area contributed by atoms with Crippen molar-refractivity contribution in [3.63, 3.8) is 0 Å². The Kier molecular flexibility index (Phi) is 5.91. The minimum atomic E-state index is -0.961. The molecule has 2 saturated carbocycles. The van der Waals surface area contributed by atoms with Gasteiger partial charge in [0.2, 0.25) is 11.8 Å². The van der Waals surface area contributed by atoms with Gasteiger partial charge in [0.25, 0.3) is 11.8 Å². The molecule has 3 fully saturated rings. The SMILES string of the molecule is O=C1CCC(N2C(=O)c3ccc(NCC4CC(n5nc(C6CC6)cc5Nc5ccccc5)C4)cc3C2=O)C(=O)N1. The fraction of sp³-hybridized carbons (Fsp3) is 0.367. The minimum Gasteiger partial charge on any atom is -0.385 e. The number of hydrogen-bond acceptors (Lipinski definition) is 7. The first-order chi connectivity index (χ1) is 19.4. The van der Waals surface area contributed by atoms with Crippen LogP contribution in [-0.4, -0.2) is 50.9 Å². The summed E-state index contributed by atoms with van der Waals surface area (Å²) >= 11 is 0. The molecule has 3 aromatic rings. The number of benzene rings is 2. The van der Waals surface area contributed by atoms with Crippen LogP contribution >= 0.6 is 0 Å². The third-order valence-corrected chi connectivity index (χ3v) is 8.39. The number of anilines is 3. The molecule has 2 aliphatic carbocycles. The molecule has 2 aromatic carbocycles. The van der Waals surface area contributed by atoms with Gasteiger partial charge >= 0.3 is 0 Å². The van der Waals surface area contributed by atoms with Crippen LogP contribution < -0.4 is 16.0 Å². The van der Waals surface area contributed by atoms with E-state index in [1.165, 1.54) is 18.5 Å². The smallest absolute Gasteiger partial charge is 0.262 e. The minimum absolute atomic E-state index is 0.100. The third kappa shape index (κ3) is 4.43. The molecule has 1 aromatic heterocycles. The molecule has 2 aliphatic heterocycles. The number of piperidine rings is 1. The number of imide groups is 2. The second-order valence-electron chi connectivity index (χ2n) is 11.2. The Morgan fingerprint density at radius 1 is 0.875 bits per heavy atom. The highest BCUT2D eigenvalue weighted by atomic mass is 16.2. The topological polar surface area (TPSA) is 125 Å². The van der Waals surface area contributed by atoms with Crippen molar-refractivity contribution in [1.82, 2.24) is 20.0 Å². The molecule has 7 rings (SSSR count). The molecule has 0 radical (unpaired) electrons. The molecule has 4 aliphatic rings. The van der Waals surface area contributed by atoms with E-state index in [0.29, 0.717) is 17.9 Å². The van der Waals surface area contributed by atoms with Crippen LogP contribution in [0.5, 0.6) is 0 Å². The van der Waals surface area contributed by atoms with Gasteiger partial charge in [-0.2, -0.15) is 5.10 Å². The van der Waals surface area contributed by atoms with Crippen molar-refractivity contribution in [2.24, 2.45) is 5.92 Å². The summed E-state index contributed by atoms with van der Waals surface area (Å²) in [4.78, 5) is 50.8. The van der Waals surface area contributed by atoms with Gasteiger partial charge in [-0.1, -0.05) is 18.2 Å². The Balaban J connectivity index is 0.987. The first-order valence-electron chi connectivity index (χ1n) is 14.0. The van der Waals surface area contributed by atoms with E-state index in [1.54, 1.807) is 18.2 Å². The van der Waals surface area contributed by atoms with Crippen molar-refractivity contribution in [2.75, 3.05) is 17.2 Å². The molecule has 0 spiro atoms. The van der Waals surface area contributed by atoms with Crippen molar-refractivity contribution in [3.8, 4) is 0 Å². The Hall–Kier alpha value is -4.47. The zero-order valence-electron chi connectivity index (χ0n) is 21.9. The van der Waals surface area contributed by atoms with Crippen LogP contribution in [0.2, 0.25) is 0 Å². The van der Waals surface area contributed by atoms with Crippen LogP contribution in [0.4, 0.5) is 17.2 Å². The molecule has 3 heterocycles. The summed E-state index contributed by atoms with van der Waals surface area (Å²) in [7, 11) is 0. The van der Waals surface area contributed by atoms with E-state index >= 15 is 0 Å². The van der Waals surface area contributed by atoms with E-state index in [2.05, 4.69) is 38.8 Å². The summed E-state index contributed by atoms with van der Waals surface area (Å²) in [6, 6.07) is 16.8. The van der Waals surface area contributed by atoms with E-state index in [4.69, 9.17) is 5.10 Å². The van der Waals surface area contributed by atoms with Crippen LogP contribution in [-0.2, 0) is 9.59 Å². The number of amides is 4. The van der Waals surface area contributed by atoms with Crippen molar-refractivity contribution in [3.05, 3.63) is 71.4 Å². The molecular formula is C30H30N6O4. The predicted octanol–water partition coefficient (Wildman–Crippen LogP) is 3.97. The van der Waals surface area contributed by atoms with E-state index in [-0.39, 0.29) is 29.9 Å². The number of carbonyl (C=O) groups excluding carboxylic acids is 4. The summed E-state index contributed by atoms with van der Waals surface area (Å²) in [6.45, 7) is 0.743. The lowest BCUT2D eigenvalue weighted by Crippen LogP contribution is -2.54. The second kappa shape index (κ2) is 9.62. The number of fused-ring (bicyclic) bond motifs is 1. The highest BCUT2D eigenvalue weighted by Gasteiger charge is 2.44. The summed E-state index contributed by atoms with van der Waals surface area (Å²) in [5.41, 5.74) is 3.54. The van der Waals surface area contributed by atoms with Gasteiger partial charge in [-0.3, -0.25) is 29.4 Å².